The van der Waals surface area contributed by atoms with Gasteiger partial charge in [0.25, 0.3) is 5.91 Å². The second-order valence-electron chi connectivity index (χ2n) is 6.07. The summed E-state index contributed by atoms with van der Waals surface area (Å²) in [4.78, 5) is 23.4. The first-order chi connectivity index (χ1) is 10.9. The van der Waals surface area contributed by atoms with Crippen LogP contribution in [0.4, 0.5) is 4.79 Å². The maximum Gasteiger partial charge on any atom is 0.322 e. The Morgan fingerprint density at radius 2 is 2.04 bits per heavy atom. The van der Waals surface area contributed by atoms with Crippen molar-refractivity contribution in [1.29, 1.82) is 0 Å². The molecule has 0 bridgehead atoms. The number of ether oxygens (including phenoxy) is 3. The Balaban J connectivity index is 1.89. The van der Waals surface area contributed by atoms with Gasteiger partial charge in [-0.1, -0.05) is 0 Å². The number of imide groups is 1. The third-order valence-corrected chi connectivity index (χ3v) is 3.85. The summed E-state index contributed by atoms with van der Waals surface area (Å²) in [6.07, 6.45) is 2.27. The molecule has 1 heterocycles. The molecule has 1 aliphatic heterocycles. The molecule has 0 aromatic rings. The zero-order valence-corrected chi connectivity index (χ0v) is 13.6. The fraction of sp³-hybridized carbons (Fsp3) is 0.733. The first-order valence-corrected chi connectivity index (χ1v) is 7.72. The molecule has 3 N–H and O–H groups in total. The summed E-state index contributed by atoms with van der Waals surface area (Å²) < 4.78 is 16.5. The zero-order valence-electron chi connectivity index (χ0n) is 13.6. The van der Waals surface area contributed by atoms with Gasteiger partial charge < -0.3 is 24.6 Å². The van der Waals surface area contributed by atoms with E-state index in [4.69, 9.17) is 14.2 Å². The van der Waals surface area contributed by atoms with E-state index in [1.807, 2.05) is 0 Å². The lowest BCUT2D eigenvalue weighted by Gasteiger charge is -2.23. The van der Waals surface area contributed by atoms with E-state index in [1.54, 1.807) is 20.8 Å². The van der Waals surface area contributed by atoms with E-state index >= 15 is 0 Å². The van der Waals surface area contributed by atoms with Crippen LogP contribution in [0.15, 0.2) is 12.3 Å². The summed E-state index contributed by atoms with van der Waals surface area (Å²) in [7, 11) is 0. The Morgan fingerprint density at radius 3 is 2.70 bits per heavy atom. The van der Waals surface area contributed by atoms with E-state index in [-0.39, 0.29) is 30.8 Å². The van der Waals surface area contributed by atoms with E-state index < -0.39 is 17.7 Å². The average Bonchev–Trinajstić information content (AvgIpc) is 2.93. The van der Waals surface area contributed by atoms with Gasteiger partial charge in [0.1, 0.15) is 6.10 Å². The predicted molar refractivity (Wildman–Crippen MR) is 80.2 cm³/mol. The molecule has 0 radical (unpaired) electrons. The maximum absolute atomic E-state index is 11.9. The highest BCUT2D eigenvalue weighted by atomic mass is 16.8. The summed E-state index contributed by atoms with van der Waals surface area (Å²) in [5.41, 5.74) is 0. The standard InChI is InChI=1S/C15H24N2O6/c1-4-21-6-5-11(19)17-14(20)16-10-7-9(8-18)12-13(10)23-15(2,3)22-12/h5-6,9-10,12-13,18H,4,7-8H2,1-3H3,(H2,16,17,19,20)/b6-5+/t9-,10-,12-,13+/m1/s1. The average molecular weight is 328 g/mol. The van der Waals surface area contributed by atoms with Crippen molar-refractivity contribution < 1.29 is 28.9 Å². The molecule has 130 valence electrons. The Bertz CT molecular complexity index is 479. The number of urea groups is 1. The molecule has 0 spiro atoms. The molecule has 8 heteroatoms. The molecule has 2 aliphatic rings. The zero-order chi connectivity index (χ0) is 17.0. The van der Waals surface area contributed by atoms with Crippen molar-refractivity contribution in [3.63, 3.8) is 0 Å². The fourth-order valence-electron chi connectivity index (χ4n) is 2.97. The number of nitrogens with one attached hydrogen (secondary N) is 2. The van der Waals surface area contributed by atoms with Crippen LogP contribution in [0.25, 0.3) is 0 Å². The number of carbonyl (C=O) groups excluding carboxylic acids is 2. The van der Waals surface area contributed by atoms with Crippen LogP contribution in [-0.2, 0) is 19.0 Å². The second-order valence-corrected chi connectivity index (χ2v) is 6.07. The smallest absolute Gasteiger partial charge is 0.322 e. The van der Waals surface area contributed by atoms with Crippen molar-refractivity contribution in [1.82, 2.24) is 10.6 Å². The summed E-state index contributed by atoms with van der Waals surface area (Å²) in [6, 6.07) is -0.950. The quantitative estimate of drug-likeness (QED) is 0.494. The van der Waals surface area contributed by atoms with Crippen molar-refractivity contribution >= 4 is 11.9 Å². The molecule has 2 rings (SSSR count). The summed E-state index contributed by atoms with van der Waals surface area (Å²) in [5, 5.41) is 14.4. The molecule has 3 amide bonds. The molecular weight excluding hydrogens is 304 g/mol. The molecule has 8 nitrogen and oxygen atoms in total. The van der Waals surface area contributed by atoms with Crippen LogP contribution in [0.3, 0.4) is 0 Å². The van der Waals surface area contributed by atoms with Gasteiger partial charge >= 0.3 is 6.03 Å². The van der Waals surface area contributed by atoms with E-state index in [9.17, 15) is 14.7 Å². The minimum Gasteiger partial charge on any atom is -0.501 e. The molecule has 23 heavy (non-hydrogen) atoms. The predicted octanol–water partition coefficient (Wildman–Crippen LogP) is 0.263. The van der Waals surface area contributed by atoms with Crippen molar-refractivity contribution in [2.75, 3.05) is 13.2 Å². The highest BCUT2D eigenvalue weighted by Gasteiger charge is 2.54. The number of hydrogen-bond acceptors (Lipinski definition) is 6. The van der Waals surface area contributed by atoms with Crippen LogP contribution in [0.2, 0.25) is 0 Å². The minimum atomic E-state index is -0.754. The van der Waals surface area contributed by atoms with Crippen molar-refractivity contribution in [3.05, 3.63) is 12.3 Å². The van der Waals surface area contributed by atoms with Crippen LogP contribution >= 0.6 is 0 Å². The number of fused-ring (bicyclic) bond motifs is 1. The fourth-order valence-corrected chi connectivity index (χ4v) is 2.97. The lowest BCUT2D eigenvalue weighted by atomic mass is 10.1. The SMILES string of the molecule is CCO/C=C/C(=O)NC(=O)N[C@@H]1C[C@H](CO)[C@H]2OC(C)(C)O[C@H]21. The lowest BCUT2D eigenvalue weighted by molar-refractivity contribution is -0.159. The molecule has 1 aliphatic carbocycles. The van der Waals surface area contributed by atoms with Gasteiger partial charge in [0.05, 0.1) is 25.0 Å². The Labute approximate surface area is 135 Å². The van der Waals surface area contributed by atoms with Gasteiger partial charge in [0.2, 0.25) is 0 Å². The number of rotatable bonds is 5. The van der Waals surface area contributed by atoms with Crippen LogP contribution in [0.5, 0.6) is 0 Å². The third-order valence-electron chi connectivity index (χ3n) is 3.85. The molecule has 0 aromatic carbocycles. The van der Waals surface area contributed by atoms with Gasteiger partial charge in [-0.2, -0.15) is 0 Å². The molecular formula is C15H24N2O6. The van der Waals surface area contributed by atoms with Crippen molar-refractivity contribution in [2.45, 2.75) is 51.2 Å². The number of carbonyl (C=O) groups is 2. The van der Waals surface area contributed by atoms with Crippen LogP contribution in [-0.4, -0.2) is 54.3 Å². The maximum atomic E-state index is 11.9. The highest BCUT2D eigenvalue weighted by Crippen LogP contribution is 2.41. The van der Waals surface area contributed by atoms with Crippen LogP contribution in [0, 0.1) is 5.92 Å². The first kappa shape index (κ1) is 17.7. The van der Waals surface area contributed by atoms with Crippen molar-refractivity contribution in [3.8, 4) is 0 Å². The lowest BCUT2D eigenvalue weighted by Crippen LogP contribution is -2.48. The monoisotopic (exact) mass is 328 g/mol. The van der Waals surface area contributed by atoms with Gasteiger partial charge in [-0.15, -0.1) is 0 Å². The number of aliphatic hydroxyl groups is 1. The normalized spacial score (nSPS) is 31.8. The largest absolute Gasteiger partial charge is 0.501 e. The molecule has 1 saturated carbocycles. The summed E-state index contributed by atoms with van der Waals surface area (Å²) in [5.74, 6) is -1.44. The number of aliphatic hydroxyl groups excluding tert-OH is 1. The number of amides is 3. The Hall–Kier alpha value is -1.64. The molecule has 0 unspecified atom stereocenters. The molecule has 2 fully saturated rings. The van der Waals surface area contributed by atoms with Gasteiger partial charge in [-0.05, 0) is 27.2 Å². The molecule has 0 aromatic heterocycles. The van der Waals surface area contributed by atoms with Gasteiger partial charge in [-0.25, -0.2) is 4.79 Å². The third kappa shape index (κ3) is 4.43. The van der Waals surface area contributed by atoms with Gasteiger partial charge in [-0.3, -0.25) is 10.1 Å². The summed E-state index contributed by atoms with van der Waals surface area (Å²) >= 11 is 0. The second kappa shape index (κ2) is 7.29. The first-order valence-electron chi connectivity index (χ1n) is 7.72. The van der Waals surface area contributed by atoms with Gasteiger partial charge in [0.15, 0.2) is 5.79 Å². The van der Waals surface area contributed by atoms with Crippen LogP contribution < -0.4 is 10.6 Å². The number of hydrogen-bond donors (Lipinski definition) is 3. The van der Waals surface area contributed by atoms with E-state index in [2.05, 4.69) is 10.6 Å². The van der Waals surface area contributed by atoms with E-state index in [0.717, 1.165) is 6.08 Å². The molecule has 4 atom stereocenters. The van der Waals surface area contributed by atoms with Gasteiger partial charge in [0, 0.05) is 18.6 Å². The molecule has 1 saturated heterocycles. The topological polar surface area (TPSA) is 106 Å². The Kier molecular flexibility index (Phi) is 5.61. The summed E-state index contributed by atoms with van der Waals surface area (Å²) in [6.45, 7) is 5.76. The van der Waals surface area contributed by atoms with E-state index in [1.165, 1.54) is 6.26 Å². The minimum absolute atomic E-state index is 0.0452. The van der Waals surface area contributed by atoms with Crippen LogP contribution in [0.1, 0.15) is 27.2 Å². The highest BCUT2D eigenvalue weighted by molar-refractivity contribution is 6.00. The Morgan fingerprint density at radius 1 is 1.35 bits per heavy atom. The van der Waals surface area contributed by atoms with Crippen molar-refractivity contribution in [2.24, 2.45) is 5.92 Å². The van der Waals surface area contributed by atoms with E-state index in [0.29, 0.717) is 13.0 Å².